The summed E-state index contributed by atoms with van der Waals surface area (Å²) in [5.74, 6) is 0.893. The van der Waals surface area contributed by atoms with E-state index in [1.807, 2.05) is 54.5 Å². The number of amides is 1. The molecule has 0 spiro atoms. The molecule has 0 atom stereocenters. The molecule has 1 aliphatic heterocycles. The van der Waals surface area contributed by atoms with Gasteiger partial charge in [0.15, 0.2) is 5.82 Å². The zero-order valence-corrected chi connectivity index (χ0v) is 15.4. The van der Waals surface area contributed by atoms with Crippen LogP contribution < -0.4 is 4.90 Å². The number of hydrogen-bond donors (Lipinski definition) is 0. The number of carbonyl (C=O) groups excluding carboxylic acids is 1. The number of anilines is 1. The number of nitrogens with zero attached hydrogens (tertiary/aromatic N) is 6. The van der Waals surface area contributed by atoms with E-state index in [1.165, 1.54) is 11.5 Å². The van der Waals surface area contributed by atoms with Crippen molar-refractivity contribution in [3.8, 4) is 11.4 Å². The van der Waals surface area contributed by atoms with Gasteiger partial charge in [-0.25, -0.2) is 0 Å². The molecule has 0 unspecified atom stereocenters. The topological polar surface area (TPSA) is 67.2 Å². The summed E-state index contributed by atoms with van der Waals surface area (Å²) in [5, 5.41) is 5.20. The Labute approximate surface area is 156 Å². The normalized spacial score (nSPS) is 14.7. The third kappa shape index (κ3) is 3.60. The molecule has 4 rings (SSSR count). The fourth-order valence-corrected chi connectivity index (χ4v) is 3.76. The maximum atomic E-state index is 12.4. The first kappa shape index (κ1) is 16.7. The molecule has 0 N–H and O–H groups in total. The first-order chi connectivity index (χ1) is 12.7. The van der Waals surface area contributed by atoms with E-state index in [4.69, 9.17) is 0 Å². The summed E-state index contributed by atoms with van der Waals surface area (Å²) in [4.78, 5) is 21.2. The monoisotopic (exact) mass is 368 g/mol. The van der Waals surface area contributed by atoms with Gasteiger partial charge in [-0.3, -0.25) is 9.48 Å². The number of aryl methyl sites for hydroxylation is 1. The Morgan fingerprint density at radius 2 is 1.88 bits per heavy atom. The third-order valence-electron chi connectivity index (χ3n) is 4.45. The number of benzene rings is 1. The van der Waals surface area contributed by atoms with Crippen molar-refractivity contribution in [2.75, 3.05) is 31.1 Å². The molecule has 0 bridgehead atoms. The van der Waals surface area contributed by atoms with Gasteiger partial charge in [-0.1, -0.05) is 30.3 Å². The highest BCUT2D eigenvalue weighted by atomic mass is 32.1. The van der Waals surface area contributed by atoms with Crippen molar-refractivity contribution in [2.45, 2.75) is 6.42 Å². The molecule has 134 valence electrons. The number of aromatic nitrogens is 4. The molecule has 0 saturated carbocycles. The van der Waals surface area contributed by atoms with Crippen LogP contribution in [0.3, 0.4) is 0 Å². The third-order valence-corrected chi connectivity index (χ3v) is 5.23. The molecular weight excluding hydrogens is 348 g/mol. The highest BCUT2D eigenvalue weighted by Crippen LogP contribution is 2.24. The van der Waals surface area contributed by atoms with Gasteiger partial charge in [-0.15, -0.1) is 0 Å². The highest BCUT2D eigenvalue weighted by molar-refractivity contribution is 7.09. The predicted molar refractivity (Wildman–Crippen MR) is 101 cm³/mol. The van der Waals surface area contributed by atoms with E-state index >= 15 is 0 Å². The van der Waals surface area contributed by atoms with Gasteiger partial charge in [-0.05, 0) is 6.07 Å². The second-order valence-corrected chi connectivity index (χ2v) is 7.02. The van der Waals surface area contributed by atoms with Crippen LogP contribution in [-0.2, 0) is 18.3 Å². The Bertz CT molecular complexity index is 882. The summed E-state index contributed by atoms with van der Waals surface area (Å²) < 4.78 is 6.19. The molecule has 3 heterocycles. The van der Waals surface area contributed by atoms with Crippen LogP contribution in [-0.4, -0.2) is 56.1 Å². The lowest BCUT2D eigenvalue weighted by Gasteiger charge is -2.34. The SMILES string of the molecule is Cn1ccc(CC(=O)N2CCN(c3nc(-c4ccccc4)ns3)CC2)n1. The number of rotatable bonds is 4. The van der Waals surface area contributed by atoms with Gasteiger partial charge >= 0.3 is 0 Å². The minimum atomic E-state index is 0.130. The zero-order chi connectivity index (χ0) is 17.9. The minimum Gasteiger partial charge on any atom is -0.343 e. The van der Waals surface area contributed by atoms with Crippen LogP contribution in [0.2, 0.25) is 0 Å². The summed E-state index contributed by atoms with van der Waals surface area (Å²) in [6, 6.07) is 11.9. The molecule has 8 heteroatoms. The summed E-state index contributed by atoms with van der Waals surface area (Å²) in [6.07, 6.45) is 2.22. The van der Waals surface area contributed by atoms with Gasteiger partial charge in [0.25, 0.3) is 0 Å². The number of piperazine rings is 1. The molecule has 1 fully saturated rings. The highest BCUT2D eigenvalue weighted by Gasteiger charge is 2.24. The lowest BCUT2D eigenvalue weighted by molar-refractivity contribution is -0.130. The predicted octanol–water partition coefficient (Wildman–Crippen LogP) is 1.83. The van der Waals surface area contributed by atoms with Crippen LogP contribution in [0.15, 0.2) is 42.6 Å². The molecule has 0 radical (unpaired) electrons. The van der Waals surface area contributed by atoms with Gasteiger partial charge < -0.3 is 9.80 Å². The van der Waals surface area contributed by atoms with Gasteiger partial charge in [0.2, 0.25) is 11.0 Å². The summed E-state index contributed by atoms with van der Waals surface area (Å²) in [5.41, 5.74) is 1.84. The van der Waals surface area contributed by atoms with E-state index in [0.29, 0.717) is 19.5 Å². The number of hydrogen-bond acceptors (Lipinski definition) is 6. The standard InChI is InChI=1S/C18H20N6OS/c1-22-8-7-15(20-22)13-16(25)23-9-11-24(12-10-23)18-19-17(21-26-18)14-5-3-2-4-6-14/h2-8H,9-13H2,1H3. The van der Waals surface area contributed by atoms with E-state index in [0.717, 1.165) is 35.3 Å². The van der Waals surface area contributed by atoms with Gasteiger partial charge in [0, 0.05) is 56.5 Å². The Balaban J connectivity index is 1.35. The van der Waals surface area contributed by atoms with Crippen molar-refractivity contribution in [1.82, 2.24) is 24.0 Å². The van der Waals surface area contributed by atoms with Crippen LogP contribution in [0.1, 0.15) is 5.69 Å². The Morgan fingerprint density at radius 1 is 1.12 bits per heavy atom. The smallest absolute Gasteiger partial charge is 0.228 e. The van der Waals surface area contributed by atoms with Crippen LogP contribution >= 0.6 is 11.5 Å². The van der Waals surface area contributed by atoms with Crippen molar-refractivity contribution in [3.05, 3.63) is 48.3 Å². The first-order valence-electron chi connectivity index (χ1n) is 8.59. The zero-order valence-electron chi connectivity index (χ0n) is 14.6. The second-order valence-electron chi connectivity index (χ2n) is 6.29. The molecule has 2 aromatic heterocycles. The largest absolute Gasteiger partial charge is 0.343 e. The molecule has 1 aromatic carbocycles. The molecule has 3 aromatic rings. The van der Waals surface area contributed by atoms with Gasteiger partial charge in [0.1, 0.15) is 0 Å². The second kappa shape index (κ2) is 7.25. The van der Waals surface area contributed by atoms with E-state index in [1.54, 1.807) is 4.68 Å². The summed E-state index contributed by atoms with van der Waals surface area (Å²) in [6.45, 7) is 2.95. The summed E-state index contributed by atoms with van der Waals surface area (Å²) >= 11 is 1.41. The van der Waals surface area contributed by atoms with Crippen molar-refractivity contribution in [1.29, 1.82) is 0 Å². The lowest BCUT2D eigenvalue weighted by atomic mass is 10.2. The average molecular weight is 368 g/mol. The van der Waals surface area contributed by atoms with Crippen LogP contribution in [0.5, 0.6) is 0 Å². The molecule has 1 saturated heterocycles. The quantitative estimate of drug-likeness (QED) is 0.703. The summed E-state index contributed by atoms with van der Waals surface area (Å²) in [7, 11) is 1.86. The van der Waals surface area contributed by atoms with E-state index < -0.39 is 0 Å². The average Bonchev–Trinajstić information content (AvgIpc) is 3.32. The Kier molecular flexibility index (Phi) is 4.66. The van der Waals surface area contributed by atoms with Crippen LogP contribution in [0.4, 0.5) is 5.13 Å². The van der Waals surface area contributed by atoms with E-state index in [-0.39, 0.29) is 5.91 Å². The fourth-order valence-electron chi connectivity index (χ4n) is 3.02. The van der Waals surface area contributed by atoms with Gasteiger partial charge in [-0.2, -0.15) is 14.5 Å². The Morgan fingerprint density at radius 3 is 2.58 bits per heavy atom. The minimum absolute atomic E-state index is 0.130. The maximum absolute atomic E-state index is 12.4. The van der Waals surface area contributed by atoms with Crippen LogP contribution in [0.25, 0.3) is 11.4 Å². The van der Waals surface area contributed by atoms with Crippen molar-refractivity contribution in [3.63, 3.8) is 0 Å². The molecule has 26 heavy (non-hydrogen) atoms. The molecule has 1 aliphatic rings. The lowest BCUT2D eigenvalue weighted by Crippen LogP contribution is -2.49. The Hall–Kier alpha value is -2.74. The molecule has 0 aliphatic carbocycles. The van der Waals surface area contributed by atoms with Crippen molar-refractivity contribution < 1.29 is 4.79 Å². The van der Waals surface area contributed by atoms with Crippen molar-refractivity contribution in [2.24, 2.45) is 7.05 Å². The van der Waals surface area contributed by atoms with Gasteiger partial charge in [0.05, 0.1) is 12.1 Å². The van der Waals surface area contributed by atoms with E-state index in [2.05, 4.69) is 19.4 Å². The van der Waals surface area contributed by atoms with Crippen LogP contribution in [0, 0.1) is 0 Å². The number of carbonyl (C=O) groups is 1. The van der Waals surface area contributed by atoms with Crippen molar-refractivity contribution >= 4 is 22.6 Å². The maximum Gasteiger partial charge on any atom is 0.228 e. The fraction of sp³-hybridized carbons (Fsp3) is 0.333. The molecular formula is C18H20N6OS. The molecule has 7 nitrogen and oxygen atoms in total. The molecule has 1 amide bonds. The van der Waals surface area contributed by atoms with E-state index in [9.17, 15) is 4.79 Å². The first-order valence-corrected chi connectivity index (χ1v) is 9.37.